The number of carbonyl (C=O) groups is 2. The van der Waals surface area contributed by atoms with Crippen molar-refractivity contribution in [2.75, 3.05) is 7.05 Å². The summed E-state index contributed by atoms with van der Waals surface area (Å²) in [7, 11) is 1.25. The molecule has 0 aromatic heterocycles. The lowest BCUT2D eigenvalue weighted by Crippen LogP contribution is -2.37. The van der Waals surface area contributed by atoms with E-state index in [2.05, 4.69) is 10.0 Å². The molecule has 0 bridgehead atoms. The average Bonchev–Trinajstić information content (AvgIpc) is 1.98. The summed E-state index contributed by atoms with van der Waals surface area (Å²) in [5.74, 6) is -1.09. The Kier molecular flexibility index (Phi) is 3.89. The van der Waals surface area contributed by atoms with Crippen LogP contribution in [-0.2, 0) is 14.3 Å². The molecule has 0 spiro atoms. The second kappa shape index (κ2) is 4.42. The molecule has 12 heavy (non-hydrogen) atoms. The molecule has 6 heteroatoms. The average molecular weight is 174 g/mol. The van der Waals surface area contributed by atoms with Crippen molar-refractivity contribution in [1.82, 2.24) is 5.01 Å². The van der Waals surface area contributed by atoms with Gasteiger partial charge in [-0.2, -0.15) is 0 Å². The minimum atomic E-state index is -1.21. The topological polar surface area (TPSA) is 76.0 Å². The molecular weight excluding hydrogens is 164 g/mol. The van der Waals surface area contributed by atoms with Crippen LogP contribution < -0.4 is 0 Å². The number of ether oxygens (including phenoxy) is 1. The van der Waals surface area contributed by atoms with Crippen LogP contribution in [0, 0.1) is 4.91 Å². The smallest absolute Gasteiger partial charge is 0.304 e. The van der Waals surface area contributed by atoms with Crippen LogP contribution in [0.2, 0.25) is 0 Å². The zero-order chi connectivity index (χ0) is 9.72. The minimum Gasteiger partial charge on any atom is -0.433 e. The van der Waals surface area contributed by atoms with E-state index in [1.165, 1.54) is 14.0 Å². The van der Waals surface area contributed by atoms with E-state index in [1.807, 2.05) is 0 Å². The molecule has 0 aliphatic heterocycles. The Balaban J connectivity index is 4.32. The van der Waals surface area contributed by atoms with Gasteiger partial charge < -0.3 is 4.74 Å². The van der Waals surface area contributed by atoms with Gasteiger partial charge in [0.15, 0.2) is 5.78 Å². The zero-order valence-corrected chi connectivity index (χ0v) is 7.10. The monoisotopic (exact) mass is 174 g/mol. The lowest BCUT2D eigenvalue weighted by Gasteiger charge is -2.18. The van der Waals surface area contributed by atoms with Crippen molar-refractivity contribution >= 4 is 11.8 Å². The first-order valence-electron chi connectivity index (χ1n) is 3.22. The van der Waals surface area contributed by atoms with Crippen LogP contribution in [-0.4, -0.2) is 30.0 Å². The quantitative estimate of drug-likeness (QED) is 0.261. The van der Waals surface area contributed by atoms with Crippen LogP contribution in [0.1, 0.15) is 13.8 Å². The van der Waals surface area contributed by atoms with Crippen LogP contribution in [0.15, 0.2) is 5.29 Å². The third-order valence-corrected chi connectivity index (χ3v) is 1.09. The third kappa shape index (κ3) is 3.09. The molecule has 0 radical (unpaired) electrons. The number of nitroso groups, excluding NO2 is 1. The van der Waals surface area contributed by atoms with E-state index in [0.29, 0.717) is 0 Å². The number of rotatable bonds is 4. The molecule has 0 amide bonds. The first-order valence-corrected chi connectivity index (χ1v) is 3.22. The Hall–Kier alpha value is -1.46. The Labute approximate surface area is 69.4 Å². The van der Waals surface area contributed by atoms with E-state index in [9.17, 15) is 14.5 Å². The highest BCUT2D eigenvalue weighted by molar-refractivity contribution is 5.82. The molecule has 6 nitrogen and oxygen atoms in total. The molecule has 0 aromatic carbocycles. The zero-order valence-electron chi connectivity index (χ0n) is 7.10. The second-order valence-corrected chi connectivity index (χ2v) is 2.23. The van der Waals surface area contributed by atoms with Gasteiger partial charge in [0.05, 0.1) is 5.29 Å². The third-order valence-electron chi connectivity index (χ3n) is 1.09. The van der Waals surface area contributed by atoms with E-state index < -0.39 is 18.0 Å². The fourth-order valence-corrected chi connectivity index (χ4v) is 0.622. The van der Waals surface area contributed by atoms with Crippen molar-refractivity contribution in [2.45, 2.75) is 20.1 Å². The van der Waals surface area contributed by atoms with E-state index in [1.54, 1.807) is 0 Å². The summed E-state index contributed by atoms with van der Waals surface area (Å²) in [6.07, 6.45) is -1.21. The van der Waals surface area contributed by atoms with Crippen molar-refractivity contribution in [1.29, 1.82) is 0 Å². The van der Waals surface area contributed by atoms with Crippen molar-refractivity contribution in [3.05, 3.63) is 4.91 Å². The maximum atomic E-state index is 10.8. The van der Waals surface area contributed by atoms with Crippen LogP contribution >= 0.6 is 0 Å². The SMILES string of the molecule is CC(=O)OC(C(C)=O)N(C)N=O. The van der Waals surface area contributed by atoms with Crippen molar-refractivity contribution < 1.29 is 14.3 Å². The molecule has 0 saturated carbocycles. The fourth-order valence-electron chi connectivity index (χ4n) is 0.622. The maximum Gasteiger partial charge on any atom is 0.304 e. The van der Waals surface area contributed by atoms with Gasteiger partial charge in [-0.3, -0.25) is 9.59 Å². The highest BCUT2D eigenvalue weighted by atomic mass is 16.6. The van der Waals surface area contributed by atoms with Crippen LogP contribution in [0.5, 0.6) is 0 Å². The van der Waals surface area contributed by atoms with E-state index >= 15 is 0 Å². The highest BCUT2D eigenvalue weighted by Crippen LogP contribution is 2.00. The highest BCUT2D eigenvalue weighted by Gasteiger charge is 2.22. The Bertz CT molecular complexity index is 204. The normalized spacial score (nSPS) is 11.6. The van der Waals surface area contributed by atoms with E-state index in [4.69, 9.17) is 0 Å². The number of nitrogens with zero attached hydrogens (tertiary/aromatic N) is 2. The van der Waals surface area contributed by atoms with Gasteiger partial charge in [-0.15, -0.1) is 4.91 Å². The molecular formula is C6H10N2O4. The maximum absolute atomic E-state index is 10.8. The number of Topliss-reactive ketones (excluding diaryl/α,β-unsaturated/α-hetero) is 1. The molecule has 0 aromatic rings. The summed E-state index contributed by atoms with van der Waals surface area (Å²) in [5, 5.41) is 3.19. The number of esters is 1. The first kappa shape index (κ1) is 10.5. The van der Waals surface area contributed by atoms with Gasteiger partial charge in [-0.1, -0.05) is 0 Å². The summed E-state index contributed by atoms with van der Waals surface area (Å²) < 4.78 is 4.51. The van der Waals surface area contributed by atoms with Crippen LogP contribution in [0.3, 0.4) is 0 Å². The first-order chi connectivity index (χ1) is 5.49. The number of carbonyl (C=O) groups excluding carboxylic acids is 2. The molecule has 1 unspecified atom stereocenters. The van der Waals surface area contributed by atoms with Crippen LogP contribution in [0.25, 0.3) is 0 Å². The molecule has 0 aliphatic rings. The van der Waals surface area contributed by atoms with E-state index in [-0.39, 0.29) is 0 Å². The molecule has 1 atom stereocenters. The molecule has 0 rings (SSSR count). The molecule has 0 N–H and O–H groups in total. The van der Waals surface area contributed by atoms with Gasteiger partial charge in [0.25, 0.3) is 6.23 Å². The number of hydrogen-bond donors (Lipinski definition) is 0. The Morgan fingerprint density at radius 3 is 2.17 bits per heavy atom. The van der Waals surface area contributed by atoms with Gasteiger partial charge in [0, 0.05) is 20.9 Å². The largest absolute Gasteiger partial charge is 0.433 e. The van der Waals surface area contributed by atoms with Gasteiger partial charge in [-0.05, 0) is 0 Å². The number of hydrogen-bond acceptors (Lipinski definition) is 5. The number of ketones is 1. The second-order valence-electron chi connectivity index (χ2n) is 2.23. The Morgan fingerprint density at radius 2 is 1.92 bits per heavy atom. The predicted molar refractivity (Wildman–Crippen MR) is 39.8 cm³/mol. The fraction of sp³-hybridized carbons (Fsp3) is 0.667. The summed E-state index contributed by atoms with van der Waals surface area (Å²) in [6.45, 7) is 2.35. The van der Waals surface area contributed by atoms with Gasteiger partial charge >= 0.3 is 5.97 Å². The summed E-state index contributed by atoms with van der Waals surface area (Å²) in [4.78, 5) is 31.2. The van der Waals surface area contributed by atoms with Crippen molar-refractivity contribution in [2.24, 2.45) is 5.29 Å². The lowest BCUT2D eigenvalue weighted by atomic mass is 10.4. The molecule has 0 heterocycles. The number of likely N-dealkylation sites (N-methyl/N-ethyl adjacent to an activating group) is 1. The molecule has 68 valence electrons. The molecule has 0 saturated heterocycles. The molecule has 0 aliphatic carbocycles. The lowest BCUT2D eigenvalue weighted by molar-refractivity contribution is -0.162. The summed E-state index contributed by atoms with van der Waals surface area (Å²) in [5.41, 5.74) is 0. The summed E-state index contributed by atoms with van der Waals surface area (Å²) >= 11 is 0. The predicted octanol–water partition coefficient (Wildman–Crippen LogP) is 0.0778. The van der Waals surface area contributed by atoms with Gasteiger partial charge in [0.1, 0.15) is 0 Å². The van der Waals surface area contributed by atoms with Crippen LogP contribution in [0.4, 0.5) is 0 Å². The van der Waals surface area contributed by atoms with Gasteiger partial charge in [-0.25, -0.2) is 5.01 Å². The van der Waals surface area contributed by atoms with Crippen molar-refractivity contribution in [3.8, 4) is 0 Å². The standard InChI is InChI=1S/C6H10N2O4/c1-4(9)6(8(3)7-11)12-5(2)10/h6H,1-3H3. The Morgan fingerprint density at radius 1 is 1.42 bits per heavy atom. The van der Waals surface area contributed by atoms with Crippen molar-refractivity contribution in [3.63, 3.8) is 0 Å². The molecule has 0 fully saturated rings. The minimum absolute atomic E-state index is 0.452. The van der Waals surface area contributed by atoms with Gasteiger partial charge in [0.2, 0.25) is 0 Å². The van der Waals surface area contributed by atoms with E-state index in [0.717, 1.165) is 11.9 Å². The summed E-state index contributed by atoms with van der Waals surface area (Å²) in [6, 6.07) is 0.